The number of nitrogens with one attached hydrogen (secondary N) is 1. The molecule has 2 rings (SSSR count). The highest BCUT2D eigenvalue weighted by Gasteiger charge is 2.18. The van der Waals surface area contributed by atoms with Crippen LogP contribution in [-0.2, 0) is 0 Å². The van der Waals surface area contributed by atoms with Crippen LogP contribution < -0.4 is 5.32 Å². The number of hydrogen-bond acceptors (Lipinski definition) is 4. The van der Waals surface area contributed by atoms with Gasteiger partial charge >= 0.3 is 0 Å². The fourth-order valence-electron chi connectivity index (χ4n) is 2.14. The van der Waals surface area contributed by atoms with Crippen molar-refractivity contribution in [2.45, 2.75) is 6.42 Å². The molecule has 96 valence electrons. The molecule has 4 nitrogen and oxygen atoms in total. The van der Waals surface area contributed by atoms with Gasteiger partial charge in [0.05, 0.1) is 12.8 Å². The van der Waals surface area contributed by atoms with Gasteiger partial charge in [-0.3, -0.25) is 9.69 Å². The molecule has 1 unspecified atom stereocenters. The van der Waals surface area contributed by atoms with Crippen molar-refractivity contribution in [3.05, 3.63) is 24.2 Å². The Hall–Kier alpha value is -0.840. The Morgan fingerprint density at radius 1 is 1.65 bits per heavy atom. The molecular formula is C12H19ClN2O2. The maximum atomic E-state index is 11.7. The van der Waals surface area contributed by atoms with Crippen molar-refractivity contribution >= 4 is 18.2 Å². The molecule has 5 heteroatoms. The van der Waals surface area contributed by atoms with E-state index in [0.29, 0.717) is 18.2 Å². The quantitative estimate of drug-likeness (QED) is 0.812. The van der Waals surface area contributed by atoms with Crippen molar-refractivity contribution in [2.24, 2.45) is 5.92 Å². The minimum atomic E-state index is 0. The fraction of sp³-hybridized carbons (Fsp3) is 0.583. The van der Waals surface area contributed by atoms with Crippen molar-refractivity contribution in [1.82, 2.24) is 10.2 Å². The van der Waals surface area contributed by atoms with Gasteiger partial charge in [-0.2, -0.15) is 0 Å². The first-order chi connectivity index (χ1) is 7.75. The number of nitrogens with zero attached hydrogens (tertiary/aromatic N) is 1. The Morgan fingerprint density at radius 3 is 3.06 bits per heavy atom. The van der Waals surface area contributed by atoms with E-state index in [4.69, 9.17) is 4.42 Å². The standard InChI is InChI=1S/C12H18N2O2.ClH/c1-14(8-10-4-5-13-7-10)9-11(15)12-3-2-6-16-12;/h2-3,6,10,13H,4-5,7-9H2,1H3;1H. The Bertz CT molecular complexity index is 334. The summed E-state index contributed by atoms with van der Waals surface area (Å²) >= 11 is 0. The number of Topliss-reactive ketones (excluding diaryl/α,β-unsaturated/α-hetero) is 1. The molecule has 1 fully saturated rings. The zero-order valence-corrected chi connectivity index (χ0v) is 10.8. The summed E-state index contributed by atoms with van der Waals surface area (Å²) in [5.41, 5.74) is 0. The summed E-state index contributed by atoms with van der Waals surface area (Å²) in [4.78, 5) is 13.8. The average Bonchev–Trinajstić information content (AvgIpc) is 2.88. The highest BCUT2D eigenvalue weighted by Crippen LogP contribution is 2.09. The monoisotopic (exact) mass is 258 g/mol. The van der Waals surface area contributed by atoms with Gasteiger partial charge in [-0.25, -0.2) is 0 Å². The molecule has 0 aliphatic carbocycles. The van der Waals surface area contributed by atoms with Crippen LogP contribution in [0.2, 0.25) is 0 Å². The van der Waals surface area contributed by atoms with Crippen molar-refractivity contribution in [3.63, 3.8) is 0 Å². The van der Waals surface area contributed by atoms with Gasteiger partial charge in [-0.05, 0) is 44.6 Å². The highest BCUT2D eigenvalue weighted by molar-refractivity contribution is 5.94. The minimum absolute atomic E-state index is 0. The number of likely N-dealkylation sites (N-methyl/N-ethyl adjacent to an activating group) is 1. The Balaban J connectivity index is 0.00000144. The van der Waals surface area contributed by atoms with Crippen LogP contribution in [0.3, 0.4) is 0 Å². The third kappa shape index (κ3) is 4.15. The summed E-state index contributed by atoms with van der Waals surface area (Å²) in [6.45, 7) is 3.58. The molecule has 2 heterocycles. The summed E-state index contributed by atoms with van der Waals surface area (Å²) < 4.78 is 5.08. The van der Waals surface area contributed by atoms with E-state index in [9.17, 15) is 4.79 Å². The van der Waals surface area contributed by atoms with E-state index in [1.165, 1.54) is 12.7 Å². The number of carbonyl (C=O) groups excluding carboxylic acids is 1. The van der Waals surface area contributed by atoms with Gasteiger partial charge in [0, 0.05) is 6.54 Å². The molecule has 0 radical (unpaired) electrons. The Kier molecular flexibility index (Phi) is 5.68. The van der Waals surface area contributed by atoms with E-state index >= 15 is 0 Å². The third-order valence-electron chi connectivity index (χ3n) is 2.94. The van der Waals surface area contributed by atoms with Crippen LogP contribution in [0.1, 0.15) is 17.0 Å². The molecule has 0 spiro atoms. The number of ketones is 1. The van der Waals surface area contributed by atoms with Gasteiger partial charge in [0.2, 0.25) is 5.78 Å². The van der Waals surface area contributed by atoms with Crippen LogP contribution in [0.15, 0.2) is 22.8 Å². The molecule has 17 heavy (non-hydrogen) atoms. The second-order valence-electron chi connectivity index (χ2n) is 4.46. The minimum Gasteiger partial charge on any atom is -0.461 e. The van der Waals surface area contributed by atoms with Crippen LogP contribution in [0.25, 0.3) is 0 Å². The van der Waals surface area contributed by atoms with Crippen LogP contribution in [0, 0.1) is 5.92 Å². The number of hydrogen-bond donors (Lipinski definition) is 1. The van der Waals surface area contributed by atoms with Crippen LogP contribution in [0.5, 0.6) is 0 Å². The lowest BCUT2D eigenvalue weighted by molar-refractivity contribution is 0.0912. The molecule has 1 atom stereocenters. The van der Waals surface area contributed by atoms with Crippen LogP contribution >= 0.6 is 12.4 Å². The number of rotatable bonds is 5. The van der Waals surface area contributed by atoms with E-state index in [0.717, 1.165) is 19.6 Å². The summed E-state index contributed by atoms with van der Waals surface area (Å²) in [6, 6.07) is 3.46. The molecule has 1 aliphatic heterocycles. The first-order valence-electron chi connectivity index (χ1n) is 5.71. The van der Waals surface area contributed by atoms with E-state index in [-0.39, 0.29) is 18.2 Å². The van der Waals surface area contributed by atoms with E-state index in [1.54, 1.807) is 12.1 Å². The van der Waals surface area contributed by atoms with Crippen molar-refractivity contribution < 1.29 is 9.21 Å². The molecule has 1 N–H and O–H groups in total. The van der Waals surface area contributed by atoms with Gasteiger partial charge in [-0.15, -0.1) is 12.4 Å². The molecule has 1 aliphatic rings. The van der Waals surface area contributed by atoms with Crippen LogP contribution in [-0.4, -0.2) is 43.9 Å². The molecule has 1 aromatic rings. The van der Waals surface area contributed by atoms with E-state index in [2.05, 4.69) is 10.2 Å². The van der Waals surface area contributed by atoms with Crippen LogP contribution in [0.4, 0.5) is 0 Å². The largest absolute Gasteiger partial charge is 0.461 e. The normalized spacial score (nSPS) is 19.3. The lowest BCUT2D eigenvalue weighted by Gasteiger charge is -2.18. The van der Waals surface area contributed by atoms with Gasteiger partial charge in [0.25, 0.3) is 0 Å². The number of carbonyl (C=O) groups is 1. The summed E-state index contributed by atoms with van der Waals surface area (Å²) in [5, 5.41) is 3.33. The second-order valence-corrected chi connectivity index (χ2v) is 4.46. The highest BCUT2D eigenvalue weighted by atomic mass is 35.5. The Morgan fingerprint density at radius 2 is 2.47 bits per heavy atom. The average molecular weight is 259 g/mol. The molecule has 0 aromatic carbocycles. The first-order valence-corrected chi connectivity index (χ1v) is 5.71. The second kappa shape index (κ2) is 6.79. The van der Waals surface area contributed by atoms with E-state index in [1.807, 2.05) is 7.05 Å². The smallest absolute Gasteiger partial charge is 0.211 e. The molecule has 1 aromatic heterocycles. The predicted octanol–water partition coefficient (Wildman–Crippen LogP) is 1.43. The zero-order valence-electron chi connectivity index (χ0n) is 10.0. The third-order valence-corrected chi connectivity index (χ3v) is 2.94. The lowest BCUT2D eigenvalue weighted by Crippen LogP contribution is -2.31. The predicted molar refractivity (Wildman–Crippen MR) is 68.8 cm³/mol. The van der Waals surface area contributed by atoms with Crippen molar-refractivity contribution in [1.29, 1.82) is 0 Å². The summed E-state index contributed by atoms with van der Waals surface area (Å²) in [6.07, 6.45) is 2.74. The molecule has 0 bridgehead atoms. The fourth-order valence-corrected chi connectivity index (χ4v) is 2.14. The number of furan rings is 1. The first kappa shape index (κ1) is 14.2. The summed E-state index contributed by atoms with van der Waals surface area (Å²) in [7, 11) is 1.99. The molecule has 0 amide bonds. The Labute approximate surface area is 108 Å². The molecule has 0 saturated carbocycles. The van der Waals surface area contributed by atoms with Gasteiger partial charge in [-0.1, -0.05) is 0 Å². The molecular weight excluding hydrogens is 240 g/mol. The van der Waals surface area contributed by atoms with E-state index < -0.39 is 0 Å². The van der Waals surface area contributed by atoms with Gasteiger partial charge < -0.3 is 9.73 Å². The lowest BCUT2D eigenvalue weighted by atomic mass is 10.1. The summed E-state index contributed by atoms with van der Waals surface area (Å²) in [5.74, 6) is 1.18. The number of halogens is 1. The van der Waals surface area contributed by atoms with Crippen molar-refractivity contribution in [2.75, 3.05) is 33.2 Å². The van der Waals surface area contributed by atoms with Crippen molar-refractivity contribution in [3.8, 4) is 0 Å². The topological polar surface area (TPSA) is 45.5 Å². The maximum Gasteiger partial charge on any atom is 0.211 e. The maximum absolute atomic E-state index is 11.7. The molecule has 1 saturated heterocycles. The SMILES string of the molecule is CN(CC(=O)c1ccco1)CC1CCNC1.Cl. The zero-order chi connectivity index (χ0) is 11.4. The van der Waals surface area contributed by atoms with Gasteiger partial charge in [0.15, 0.2) is 5.76 Å². The van der Waals surface area contributed by atoms with Gasteiger partial charge in [0.1, 0.15) is 0 Å².